The Kier molecular flexibility index (Phi) is 2.55. The van der Waals surface area contributed by atoms with Gasteiger partial charge < -0.3 is 9.52 Å². The molecule has 0 saturated heterocycles. The number of rotatable bonds is 2. The minimum Gasteiger partial charge on any atom is -0.478 e. The topological polar surface area (TPSA) is 67.5 Å². The number of hydrogen-bond acceptors (Lipinski definition) is 3. The Hall–Kier alpha value is -2.36. The molecule has 1 N–H and O–H groups in total. The molecule has 1 heterocycles. The maximum absolute atomic E-state index is 11.5. The van der Waals surface area contributed by atoms with Gasteiger partial charge in [-0.2, -0.15) is 0 Å². The smallest absolute Gasteiger partial charge is 0.328 e. The maximum atomic E-state index is 11.5. The van der Waals surface area contributed by atoms with Gasteiger partial charge in [0.1, 0.15) is 5.58 Å². The lowest BCUT2D eigenvalue weighted by Gasteiger charge is -1.96. The third-order valence-electron chi connectivity index (χ3n) is 2.10. The van der Waals surface area contributed by atoms with E-state index in [0.717, 1.165) is 6.08 Å². The fourth-order valence-electron chi connectivity index (χ4n) is 1.37. The highest BCUT2D eigenvalue weighted by Crippen LogP contribution is 2.13. The highest BCUT2D eigenvalue weighted by atomic mass is 16.4. The third kappa shape index (κ3) is 2.00. The van der Waals surface area contributed by atoms with E-state index in [2.05, 4.69) is 0 Å². The van der Waals surface area contributed by atoms with Crippen molar-refractivity contribution in [2.24, 2.45) is 0 Å². The van der Waals surface area contributed by atoms with Gasteiger partial charge in [0.25, 0.3) is 0 Å². The quantitative estimate of drug-likeness (QED) is 0.778. The van der Waals surface area contributed by atoms with E-state index in [4.69, 9.17) is 9.52 Å². The molecule has 80 valence electrons. The Labute approximate surface area is 90.4 Å². The molecule has 4 nitrogen and oxygen atoms in total. The van der Waals surface area contributed by atoms with Crippen molar-refractivity contribution in [2.45, 2.75) is 0 Å². The summed E-state index contributed by atoms with van der Waals surface area (Å²) in [5.74, 6) is -1.03. The standard InChI is InChI=1S/C12H8O4/c13-10-5-6-16-11-3-1-8(7-9(10)11)2-4-12(14)15/h1-7H,(H,14,15). The zero-order valence-electron chi connectivity index (χ0n) is 8.21. The first-order valence-electron chi connectivity index (χ1n) is 4.59. The van der Waals surface area contributed by atoms with Crippen molar-refractivity contribution in [1.82, 2.24) is 0 Å². The number of carboxylic acid groups (broad SMARTS) is 1. The number of benzene rings is 1. The highest BCUT2D eigenvalue weighted by molar-refractivity contribution is 5.87. The summed E-state index contributed by atoms with van der Waals surface area (Å²) in [5.41, 5.74) is 0.986. The number of carboxylic acids is 1. The average Bonchev–Trinajstić information content (AvgIpc) is 2.27. The normalized spacial score (nSPS) is 11.0. The molecular weight excluding hydrogens is 208 g/mol. The molecule has 1 aromatic heterocycles. The predicted octanol–water partition coefficient (Wildman–Crippen LogP) is 1.89. The first-order valence-corrected chi connectivity index (χ1v) is 4.59. The second-order valence-electron chi connectivity index (χ2n) is 3.21. The van der Waals surface area contributed by atoms with Crippen molar-refractivity contribution in [3.05, 3.63) is 52.4 Å². The van der Waals surface area contributed by atoms with Gasteiger partial charge in [0, 0.05) is 12.1 Å². The summed E-state index contributed by atoms with van der Waals surface area (Å²) in [7, 11) is 0. The largest absolute Gasteiger partial charge is 0.478 e. The first kappa shape index (κ1) is 10.2. The van der Waals surface area contributed by atoms with Crippen LogP contribution in [0.3, 0.4) is 0 Å². The van der Waals surface area contributed by atoms with E-state index in [1.807, 2.05) is 0 Å². The molecule has 0 fully saturated rings. The van der Waals surface area contributed by atoms with Crippen molar-refractivity contribution in [3.63, 3.8) is 0 Å². The Balaban J connectivity index is 2.55. The van der Waals surface area contributed by atoms with E-state index in [9.17, 15) is 9.59 Å². The van der Waals surface area contributed by atoms with Crippen LogP contribution in [0.25, 0.3) is 17.0 Å². The van der Waals surface area contributed by atoms with E-state index in [1.54, 1.807) is 18.2 Å². The van der Waals surface area contributed by atoms with Gasteiger partial charge in [0.05, 0.1) is 11.6 Å². The minimum atomic E-state index is -1.03. The summed E-state index contributed by atoms with van der Waals surface area (Å²) < 4.78 is 5.13. The number of hydrogen-bond donors (Lipinski definition) is 1. The van der Waals surface area contributed by atoms with Crippen LogP contribution in [-0.4, -0.2) is 11.1 Å². The van der Waals surface area contributed by atoms with Crippen molar-refractivity contribution >= 4 is 23.0 Å². The van der Waals surface area contributed by atoms with Crippen molar-refractivity contribution in [1.29, 1.82) is 0 Å². The summed E-state index contributed by atoms with van der Waals surface area (Å²) in [6, 6.07) is 6.25. The first-order chi connectivity index (χ1) is 7.66. The fraction of sp³-hybridized carbons (Fsp3) is 0. The molecule has 1 aromatic carbocycles. The number of fused-ring (bicyclic) bond motifs is 1. The minimum absolute atomic E-state index is 0.146. The van der Waals surface area contributed by atoms with Crippen LogP contribution in [0.5, 0.6) is 0 Å². The van der Waals surface area contributed by atoms with Crippen LogP contribution >= 0.6 is 0 Å². The molecule has 0 unspecified atom stereocenters. The summed E-state index contributed by atoms with van der Waals surface area (Å²) >= 11 is 0. The molecule has 16 heavy (non-hydrogen) atoms. The number of carbonyl (C=O) groups is 1. The van der Waals surface area contributed by atoms with E-state index in [-0.39, 0.29) is 5.43 Å². The molecule has 0 spiro atoms. The van der Waals surface area contributed by atoms with Crippen LogP contribution < -0.4 is 5.43 Å². The summed E-state index contributed by atoms with van der Waals surface area (Å²) in [5, 5.41) is 8.92. The maximum Gasteiger partial charge on any atom is 0.328 e. The lowest BCUT2D eigenvalue weighted by Crippen LogP contribution is -1.97. The highest BCUT2D eigenvalue weighted by Gasteiger charge is 2.00. The third-order valence-corrected chi connectivity index (χ3v) is 2.10. The van der Waals surface area contributed by atoms with Crippen molar-refractivity contribution in [3.8, 4) is 0 Å². The monoisotopic (exact) mass is 216 g/mol. The van der Waals surface area contributed by atoms with Crippen LogP contribution in [0.1, 0.15) is 5.56 Å². The molecule has 0 amide bonds. The average molecular weight is 216 g/mol. The molecule has 2 rings (SSSR count). The van der Waals surface area contributed by atoms with E-state index in [0.29, 0.717) is 16.5 Å². The second kappa shape index (κ2) is 4.02. The summed E-state index contributed by atoms with van der Waals surface area (Å²) in [6.07, 6.45) is 3.78. The second-order valence-corrected chi connectivity index (χ2v) is 3.21. The zero-order chi connectivity index (χ0) is 11.5. The van der Waals surface area contributed by atoms with Gasteiger partial charge in [-0.25, -0.2) is 4.79 Å². The number of aliphatic carboxylic acids is 1. The predicted molar refractivity (Wildman–Crippen MR) is 59.2 cm³/mol. The lowest BCUT2D eigenvalue weighted by atomic mass is 10.1. The molecular formula is C12H8O4. The van der Waals surface area contributed by atoms with E-state index >= 15 is 0 Å². The van der Waals surface area contributed by atoms with Gasteiger partial charge in [0.15, 0.2) is 5.43 Å². The fourth-order valence-corrected chi connectivity index (χ4v) is 1.37. The van der Waals surface area contributed by atoms with Crippen LogP contribution in [0, 0.1) is 0 Å². The van der Waals surface area contributed by atoms with Gasteiger partial charge >= 0.3 is 5.97 Å². The van der Waals surface area contributed by atoms with E-state index < -0.39 is 5.97 Å². The van der Waals surface area contributed by atoms with E-state index in [1.165, 1.54) is 18.4 Å². The molecule has 0 atom stereocenters. The van der Waals surface area contributed by atoms with Crippen LogP contribution in [0.4, 0.5) is 0 Å². The van der Waals surface area contributed by atoms with Gasteiger partial charge in [0.2, 0.25) is 0 Å². The molecule has 4 heteroatoms. The SMILES string of the molecule is O=C(O)C=Cc1ccc2occc(=O)c2c1. The van der Waals surface area contributed by atoms with Crippen molar-refractivity contribution < 1.29 is 14.3 Å². The Morgan fingerprint density at radius 2 is 2.12 bits per heavy atom. The van der Waals surface area contributed by atoms with Gasteiger partial charge in [-0.3, -0.25) is 4.79 Å². The van der Waals surface area contributed by atoms with Crippen molar-refractivity contribution in [2.75, 3.05) is 0 Å². The van der Waals surface area contributed by atoms with Gasteiger partial charge in [-0.15, -0.1) is 0 Å². The zero-order valence-corrected chi connectivity index (χ0v) is 8.21. The molecule has 2 aromatic rings. The van der Waals surface area contributed by atoms with Crippen LogP contribution in [0.2, 0.25) is 0 Å². The summed E-state index contributed by atoms with van der Waals surface area (Å²) in [4.78, 5) is 21.8. The molecule has 0 aliphatic carbocycles. The van der Waals surface area contributed by atoms with Gasteiger partial charge in [-0.05, 0) is 23.8 Å². The van der Waals surface area contributed by atoms with Crippen LogP contribution in [-0.2, 0) is 4.79 Å². The van der Waals surface area contributed by atoms with Gasteiger partial charge in [-0.1, -0.05) is 6.07 Å². The Morgan fingerprint density at radius 3 is 2.88 bits per heavy atom. The summed E-state index contributed by atoms with van der Waals surface area (Å²) in [6.45, 7) is 0. The lowest BCUT2D eigenvalue weighted by molar-refractivity contribution is -0.131. The Morgan fingerprint density at radius 1 is 1.31 bits per heavy atom. The van der Waals surface area contributed by atoms with Crippen LogP contribution in [0.15, 0.2) is 45.8 Å². The molecule has 0 bridgehead atoms. The molecule has 0 aliphatic rings. The Bertz CT molecular complexity index is 622. The molecule has 0 saturated carbocycles. The molecule has 0 radical (unpaired) electrons. The molecule has 0 aliphatic heterocycles.